The summed E-state index contributed by atoms with van der Waals surface area (Å²) in [6.45, 7) is 6.37. The van der Waals surface area contributed by atoms with Crippen molar-refractivity contribution in [3.63, 3.8) is 0 Å². The normalized spacial score (nSPS) is 21.5. The first-order chi connectivity index (χ1) is 9.20. The number of hydrogen-bond donors (Lipinski definition) is 1. The van der Waals surface area contributed by atoms with Gasteiger partial charge < -0.3 is 10.1 Å². The van der Waals surface area contributed by atoms with E-state index in [9.17, 15) is 0 Å². The first-order valence-electron chi connectivity index (χ1n) is 7.31. The summed E-state index contributed by atoms with van der Waals surface area (Å²) in [5, 5.41) is 3.62. The summed E-state index contributed by atoms with van der Waals surface area (Å²) in [4.78, 5) is 1.42. The van der Waals surface area contributed by atoms with Gasteiger partial charge in [-0.15, -0.1) is 11.3 Å². The molecule has 2 unspecified atom stereocenters. The molecule has 1 N–H and O–H groups in total. The van der Waals surface area contributed by atoms with E-state index in [1.165, 1.54) is 46.3 Å². The highest BCUT2D eigenvalue weighted by molar-refractivity contribution is 9.11. The molecule has 19 heavy (non-hydrogen) atoms. The molecular formula is C15H24BrNOS. The maximum absolute atomic E-state index is 5.84. The van der Waals surface area contributed by atoms with Crippen LogP contribution in [-0.2, 0) is 4.74 Å². The van der Waals surface area contributed by atoms with Crippen LogP contribution in [0.4, 0.5) is 0 Å². The second-order valence-electron chi connectivity index (χ2n) is 5.24. The molecule has 0 radical (unpaired) electrons. The van der Waals surface area contributed by atoms with Gasteiger partial charge in [-0.25, -0.2) is 0 Å². The molecule has 0 saturated carbocycles. The Morgan fingerprint density at radius 2 is 2.37 bits per heavy atom. The largest absolute Gasteiger partial charge is 0.378 e. The van der Waals surface area contributed by atoms with Crippen molar-refractivity contribution >= 4 is 27.3 Å². The molecule has 2 nitrogen and oxygen atoms in total. The second-order valence-corrected chi connectivity index (χ2v) is 7.87. The monoisotopic (exact) mass is 345 g/mol. The van der Waals surface area contributed by atoms with Gasteiger partial charge in [0.1, 0.15) is 0 Å². The number of aryl methyl sites for hydroxylation is 1. The Bertz CT molecular complexity index is 387. The fourth-order valence-electron chi connectivity index (χ4n) is 2.81. The zero-order chi connectivity index (χ0) is 13.7. The number of hydrogen-bond acceptors (Lipinski definition) is 3. The van der Waals surface area contributed by atoms with Gasteiger partial charge in [0.05, 0.1) is 9.89 Å². The van der Waals surface area contributed by atoms with Crippen LogP contribution in [0.1, 0.15) is 55.5 Å². The third kappa shape index (κ3) is 4.55. The summed E-state index contributed by atoms with van der Waals surface area (Å²) in [5.74, 6) is 0. The van der Waals surface area contributed by atoms with Crippen molar-refractivity contribution in [3.8, 4) is 0 Å². The fraction of sp³-hybridized carbons (Fsp3) is 0.733. The van der Waals surface area contributed by atoms with E-state index >= 15 is 0 Å². The first-order valence-corrected chi connectivity index (χ1v) is 8.92. The molecule has 2 atom stereocenters. The fourth-order valence-corrected chi connectivity index (χ4v) is 4.58. The first kappa shape index (κ1) is 15.5. The number of halogens is 1. The van der Waals surface area contributed by atoms with Crippen LogP contribution in [0.3, 0.4) is 0 Å². The zero-order valence-electron chi connectivity index (χ0n) is 11.9. The Hall–Kier alpha value is 0.1000. The molecule has 0 spiro atoms. The molecule has 0 bridgehead atoms. The van der Waals surface area contributed by atoms with Crippen LogP contribution < -0.4 is 5.32 Å². The Labute approximate surface area is 129 Å². The minimum absolute atomic E-state index is 0.470. The SMILES string of the molecule is CCNC(CCC1CCCCO1)c1cc(Br)sc1C. The summed E-state index contributed by atoms with van der Waals surface area (Å²) in [7, 11) is 0. The number of nitrogens with one attached hydrogen (secondary N) is 1. The smallest absolute Gasteiger partial charge is 0.0704 e. The number of thiophene rings is 1. The van der Waals surface area contributed by atoms with Crippen LogP contribution >= 0.6 is 27.3 Å². The van der Waals surface area contributed by atoms with Crippen molar-refractivity contribution < 1.29 is 4.74 Å². The maximum Gasteiger partial charge on any atom is 0.0704 e. The van der Waals surface area contributed by atoms with Gasteiger partial charge in [-0.2, -0.15) is 0 Å². The van der Waals surface area contributed by atoms with E-state index in [4.69, 9.17) is 4.74 Å². The van der Waals surface area contributed by atoms with Crippen LogP contribution in [-0.4, -0.2) is 19.3 Å². The third-order valence-electron chi connectivity index (χ3n) is 3.80. The van der Waals surface area contributed by atoms with E-state index < -0.39 is 0 Å². The average Bonchev–Trinajstić information content (AvgIpc) is 2.75. The predicted octanol–water partition coefficient (Wildman–Crippen LogP) is 4.82. The van der Waals surface area contributed by atoms with Gasteiger partial charge in [-0.3, -0.25) is 0 Å². The minimum Gasteiger partial charge on any atom is -0.378 e. The van der Waals surface area contributed by atoms with Gasteiger partial charge in [0.15, 0.2) is 0 Å². The van der Waals surface area contributed by atoms with E-state index in [0.29, 0.717) is 12.1 Å². The van der Waals surface area contributed by atoms with E-state index in [0.717, 1.165) is 13.2 Å². The van der Waals surface area contributed by atoms with Crippen LogP contribution in [0, 0.1) is 6.92 Å². The molecule has 1 aromatic rings. The molecule has 2 heterocycles. The van der Waals surface area contributed by atoms with E-state index in [2.05, 4.69) is 41.2 Å². The Morgan fingerprint density at radius 3 is 2.95 bits per heavy atom. The number of ether oxygens (including phenoxy) is 1. The van der Waals surface area contributed by atoms with Crippen molar-refractivity contribution in [1.29, 1.82) is 0 Å². The summed E-state index contributed by atoms with van der Waals surface area (Å²) in [6, 6.07) is 2.74. The van der Waals surface area contributed by atoms with Gasteiger partial charge in [0, 0.05) is 17.5 Å². The Balaban J connectivity index is 1.93. The van der Waals surface area contributed by atoms with E-state index in [-0.39, 0.29) is 0 Å². The third-order valence-corrected chi connectivity index (χ3v) is 5.37. The van der Waals surface area contributed by atoms with Crippen LogP contribution in [0.15, 0.2) is 9.85 Å². The summed E-state index contributed by atoms with van der Waals surface area (Å²) in [5.41, 5.74) is 1.45. The Morgan fingerprint density at radius 1 is 1.53 bits per heavy atom. The highest BCUT2D eigenvalue weighted by atomic mass is 79.9. The molecule has 108 valence electrons. The van der Waals surface area contributed by atoms with Crippen molar-refractivity contribution in [2.45, 2.75) is 58.1 Å². The van der Waals surface area contributed by atoms with Gasteiger partial charge >= 0.3 is 0 Å². The lowest BCUT2D eigenvalue weighted by molar-refractivity contribution is 0.00856. The second kappa shape index (κ2) is 7.77. The topological polar surface area (TPSA) is 21.3 Å². The minimum atomic E-state index is 0.470. The quantitative estimate of drug-likeness (QED) is 0.797. The average molecular weight is 346 g/mol. The molecule has 1 fully saturated rings. The van der Waals surface area contributed by atoms with Gasteiger partial charge in [0.25, 0.3) is 0 Å². The van der Waals surface area contributed by atoms with Gasteiger partial charge in [-0.1, -0.05) is 6.92 Å². The van der Waals surface area contributed by atoms with Crippen molar-refractivity contribution in [3.05, 3.63) is 20.3 Å². The molecule has 1 aliphatic heterocycles. The van der Waals surface area contributed by atoms with Gasteiger partial charge in [-0.05, 0) is 73.1 Å². The number of rotatable bonds is 6. The van der Waals surface area contributed by atoms with Crippen molar-refractivity contribution in [1.82, 2.24) is 5.32 Å². The van der Waals surface area contributed by atoms with Crippen LogP contribution in [0.25, 0.3) is 0 Å². The summed E-state index contributed by atoms with van der Waals surface area (Å²) in [6.07, 6.45) is 6.64. The molecule has 4 heteroatoms. The standard InChI is InChI=1S/C15H24BrNOS/c1-3-17-14(13-10-15(16)19-11(13)2)8-7-12-6-4-5-9-18-12/h10,12,14,17H,3-9H2,1-2H3. The van der Waals surface area contributed by atoms with Crippen molar-refractivity contribution in [2.24, 2.45) is 0 Å². The zero-order valence-corrected chi connectivity index (χ0v) is 14.3. The molecule has 2 rings (SSSR count). The predicted molar refractivity (Wildman–Crippen MR) is 86.0 cm³/mol. The van der Waals surface area contributed by atoms with E-state index in [1.807, 2.05) is 11.3 Å². The summed E-state index contributed by atoms with van der Waals surface area (Å²) >= 11 is 5.43. The molecule has 0 aliphatic carbocycles. The molecule has 0 aromatic carbocycles. The lowest BCUT2D eigenvalue weighted by Crippen LogP contribution is -2.25. The molecule has 1 aliphatic rings. The molecule has 0 amide bonds. The van der Waals surface area contributed by atoms with E-state index in [1.54, 1.807) is 0 Å². The molecule has 1 saturated heterocycles. The lowest BCUT2D eigenvalue weighted by Gasteiger charge is -2.25. The maximum atomic E-state index is 5.84. The summed E-state index contributed by atoms with van der Waals surface area (Å²) < 4.78 is 7.08. The highest BCUT2D eigenvalue weighted by Crippen LogP contribution is 2.33. The van der Waals surface area contributed by atoms with Crippen LogP contribution in [0.2, 0.25) is 0 Å². The van der Waals surface area contributed by atoms with Crippen molar-refractivity contribution in [2.75, 3.05) is 13.2 Å². The van der Waals surface area contributed by atoms with Crippen LogP contribution in [0.5, 0.6) is 0 Å². The Kier molecular flexibility index (Phi) is 6.33. The highest BCUT2D eigenvalue weighted by Gasteiger charge is 2.19. The molecular weight excluding hydrogens is 322 g/mol. The van der Waals surface area contributed by atoms with Gasteiger partial charge in [0.2, 0.25) is 0 Å². The molecule has 1 aromatic heterocycles. The lowest BCUT2D eigenvalue weighted by atomic mass is 9.97.